The minimum atomic E-state index is 0.290. The smallest absolute Gasteiger partial charge is 0.0749 e. The largest absolute Gasteiger partial charge is 0.146 e. The van der Waals surface area contributed by atoms with E-state index in [-0.39, 0.29) is 4.83 Å². The van der Waals surface area contributed by atoms with Crippen molar-refractivity contribution in [2.45, 2.75) is 4.83 Å². The number of hydrogen-bond donors (Lipinski definition) is 0. The summed E-state index contributed by atoms with van der Waals surface area (Å²) in [6.45, 7) is 0. The van der Waals surface area contributed by atoms with Crippen LogP contribution in [0.15, 0.2) is 46.3 Å². The van der Waals surface area contributed by atoms with Crippen LogP contribution >= 0.6 is 43.2 Å². The van der Waals surface area contributed by atoms with Crippen molar-refractivity contribution in [2.24, 2.45) is 0 Å². The van der Waals surface area contributed by atoms with Gasteiger partial charge in [0.25, 0.3) is 0 Å². The first-order valence-electron chi connectivity index (χ1n) is 4.21. The van der Waals surface area contributed by atoms with Gasteiger partial charge in [-0.25, -0.2) is 0 Å². The van der Waals surface area contributed by atoms with E-state index < -0.39 is 0 Å². The van der Waals surface area contributed by atoms with Crippen LogP contribution in [0.2, 0.25) is 0 Å². The van der Waals surface area contributed by atoms with Gasteiger partial charge in [0.1, 0.15) is 0 Å². The Balaban J connectivity index is 2.34. The highest BCUT2D eigenvalue weighted by Gasteiger charge is 2.13. The van der Waals surface area contributed by atoms with Crippen LogP contribution in [-0.2, 0) is 0 Å². The molecular formula is C11H8Br2S. The van der Waals surface area contributed by atoms with E-state index in [0.717, 1.165) is 0 Å². The second-order valence-electron chi connectivity index (χ2n) is 2.91. The van der Waals surface area contributed by atoms with Crippen molar-refractivity contribution in [1.82, 2.24) is 0 Å². The van der Waals surface area contributed by atoms with Crippen molar-refractivity contribution < 1.29 is 0 Å². The lowest BCUT2D eigenvalue weighted by Crippen LogP contribution is -1.88. The molecule has 1 unspecified atom stereocenters. The molecule has 0 aliphatic carbocycles. The van der Waals surface area contributed by atoms with Gasteiger partial charge in [0.15, 0.2) is 0 Å². The van der Waals surface area contributed by atoms with E-state index >= 15 is 0 Å². The summed E-state index contributed by atoms with van der Waals surface area (Å²) in [5.74, 6) is 0. The minimum Gasteiger partial charge on any atom is -0.146 e. The third-order valence-electron chi connectivity index (χ3n) is 1.97. The fraction of sp³-hybridized carbons (Fsp3) is 0.0909. The normalized spacial score (nSPS) is 12.7. The van der Waals surface area contributed by atoms with Gasteiger partial charge in [-0.1, -0.05) is 46.3 Å². The number of alkyl halides is 1. The SMILES string of the molecule is Brc1ccsc1C(Br)c1ccccc1. The Labute approximate surface area is 104 Å². The Morgan fingerprint density at radius 2 is 1.79 bits per heavy atom. The van der Waals surface area contributed by atoms with Gasteiger partial charge in [-0.2, -0.15) is 0 Å². The number of thiophene rings is 1. The molecule has 0 saturated carbocycles. The lowest BCUT2D eigenvalue weighted by molar-refractivity contribution is 1.21. The van der Waals surface area contributed by atoms with Gasteiger partial charge in [0, 0.05) is 9.35 Å². The Bertz CT molecular complexity index is 408. The fourth-order valence-corrected chi connectivity index (χ4v) is 4.05. The topological polar surface area (TPSA) is 0 Å². The summed E-state index contributed by atoms with van der Waals surface area (Å²) < 4.78 is 1.17. The Morgan fingerprint density at radius 3 is 2.36 bits per heavy atom. The standard InChI is InChI=1S/C11H8Br2S/c12-9-6-7-14-11(9)10(13)8-4-2-1-3-5-8/h1-7,10H. The van der Waals surface area contributed by atoms with Gasteiger partial charge in [-0.15, -0.1) is 11.3 Å². The zero-order valence-corrected chi connectivity index (χ0v) is 11.3. The molecule has 0 N–H and O–H groups in total. The summed E-state index contributed by atoms with van der Waals surface area (Å²) in [6, 6.07) is 12.5. The molecule has 3 heteroatoms. The van der Waals surface area contributed by atoms with Crippen LogP contribution in [0.1, 0.15) is 15.3 Å². The first kappa shape index (κ1) is 10.4. The Hall–Kier alpha value is -0.120. The molecule has 0 bridgehead atoms. The van der Waals surface area contributed by atoms with Crippen molar-refractivity contribution in [3.8, 4) is 0 Å². The molecule has 0 spiro atoms. The van der Waals surface area contributed by atoms with Gasteiger partial charge in [0.2, 0.25) is 0 Å². The third kappa shape index (κ3) is 2.10. The first-order valence-corrected chi connectivity index (χ1v) is 6.80. The molecule has 2 aromatic rings. The molecule has 0 radical (unpaired) electrons. The van der Waals surface area contributed by atoms with Crippen LogP contribution in [-0.4, -0.2) is 0 Å². The molecular weight excluding hydrogens is 324 g/mol. The molecule has 1 atom stereocenters. The van der Waals surface area contributed by atoms with Crippen molar-refractivity contribution >= 4 is 43.2 Å². The summed E-state index contributed by atoms with van der Waals surface area (Å²) in [5.41, 5.74) is 1.29. The molecule has 1 heterocycles. The Morgan fingerprint density at radius 1 is 1.07 bits per heavy atom. The number of hydrogen-bond acceptors (Lipinski definition) is 1. The maximum absolute atomic E-state index is 3.70. The molecule has 0 saturated heterocycles. The molecule has 72 valence electrons. The van der Waals surface area contributed by atoms with Gasteiger partial charge in [-0.3, -0.25) is 0 Å². The van der Waals surface area contributed by atoms with Crippen LogP contribution in [0.4, 0.5) is 0 Å². The van der Waals surface area contributed by atoms with Crippen molar-refractivity contribution in [2.75, 3.05) is 0 Å². The van der Waals surface area contributed by atoms with Crippen LogP contribution in [0, 0.1) is 0 Å². The zero-order valence-electron chi connectivity index (χ0n) is 7.28. The lowest BCUT2D eigenvalue weighted by Gasteiger charge is -2.08. The third-order valence-corrected chi connectivity index (χ3v) is 5.19. The molecule has 0 nitrogen and oxygen atoms in total. The van der Waals surface area contributed by atoms with Crippen molar-refractivity contribution in [3.63, 3.8) is 0 Å². The highest BCUT2D eigenvalue weighted by molar-refractivity contribution is 9.11. The Kier molecular flexibility index (Phi) is 3.42. The maximum Gasteiger partial charge on any atom is 0.0749 e. The summed E-state index contributed by atoms with van der Waals surface area (Å²) in [6.07, 6.45) is 0. The van der Waals surface area contributed by atoms with Crippen LogP contribution < -0.4 is 0 Å². The maximum atomic E-state index is 3.70. The van der Waals surface area contributed by atoms with E-state index in [9.17, 15) is 0 Å². The highest BCUT2D eigenvalue weighted by atomic mass is 79.9. The van der Waals surface area contributed by atoms with Gasteiger partial charge < -0.3 is 0 Å². The fourth-order valence-electron chi connectivity index (χ4n) is 1.26. The van der Waals surface area contributed by atoms with E-state index in [1.165, 1.54) is 14.9 Å². The molecule has 0 amide bonds. The highest BCUT2D eigenvalue weighted by Crippen LogP contribution is 2.38. The van der Waals surface area contributed by atoms with E-state index in [1.807, 2.05) is 6.07 Å². The van der Waals surface area contributed by atoms with E-state index in [0.29, 0.717) is 0 Å². The van der Waals surface area contributed by atoms with Gasteiger partial charge in [-0.05, 0) is 32.9 Å². The van der Waals surface area contributed by atoms with Crippen LogP contribution in [0.3, 0.4) is 0 Å². The van der Waals surface area contributed by atoms with E-state index in [4.69, 9.17) is 0 Å². The van der Waals surface area contributed by atoms with Crippen LogP contribution in [0.25, 0.3) is 0 Å². The predicted molar refractivity (Wildman–Crippen MR) is 69.2 cm³/mol. The summed E-state index contributed by atoms with van der Waals surface area (Å²) in [7, 11) is 0. The molecule has 14 heavy (non-hydrogen) atoms. The predicted octanol–water partition coefficient (Wildman–Crippen LogP) is 4.99. The molecule has 2 rings (SSSR count). The lowest BCUT2D eigenvalue weighted by atomic mass is 10.1. The minimum absolute atomic E-state index is 0.290. The zero-order chi connectivity index (χ0) is 9.97. The molecule has 1 aromatic heterocycles. The van der Waals surface area contributed by atoms with E-state index in [2.05, 4.69) is 67.6 Å². The number of rotatable bonds is 2. The molecule has 0 aliphatic heterocycles. The monoisotopic (exact) mass is 330 g/mol. The average molecular weight is 332 g/mol. The van der Waals surface area contributed by atoms with Gasteiger partial charge >= 0.3 is 0 Å². The van der Waals surface area contributed by atoms with E-state index in [1.54, 1.807) is 11.3 Å². The first-order chi connectivity index (χ1) is 6.79. The summed E-state index contributed by atoms with van der Waals surface area (Å²) in [5, 5.41) is 2.09. The molecule has 1 aromatic carbocycles. The number of benzene rings is 1. The number of halogens is 2. The summed E-state index contributed by atoms with van der Waals surface area (Å²) in [4.78, 5) is 1.61. The molecule has 0 fully saturated rings. The van der Waals surface area contributed by atoms with Crippen LogP contribution in [0.5, 0.6) is 0 Å². The molecule has 0 aliphatic rings. The second kappa shape index (κ2) is 4.60. The summed E-state index contributed by atoms with van der Waals surface area (Å²) >= 11 is 9.01. The van der Waals surface area contributed by atoms with Gasteiger partial charge in [0.05, 0.1) is 4.83 Å². The van der Waals surface area contributed by atoms with Crippen molar-refractivity contribution in [3.05, 3.63) is 56.7 Å². The van der Waals surface area contributed by atoms with Crippen molar-refractivity contribution in [1.29, 1.82) is 0 Å². The second-order valence-corrected chi connectivity index (χ2v) is 5.62. The average Bonchev–Trinajstić information content (AvgIpc) is 2.65. The quantitative estimate of drug-likeness (QED) is 0.680.